The number of nitrogens with zero attached hydrogens (tertiary/aromatic N) is 3. The summed E-state index contributed by atoms with van der Waals surface area (Å²) in [5, 5.41) is 0.967. The summed E-state index contributed by atoms with van der Waals surface area (Å²) in [5.41, 5.74) is -0.828. The van der Waals surface area contributed by atoms with Crippen LogP contribution < -0.4 is 0 Å². The summed E-state index contributed by atoms with van der Waals surface area (Å²) in [6.07, 6.45) is 1.64. The lowest BCUT2D eigenvalue weighted by Crippen LogP contribution is -2.44. The van der Waals surface area contributed by atoms with Gasteiger partial charge in [-0.2, -0.15) is 8.78 Å². The van der Waals surface area contributed by atoms with Crippen LogP contribution >= 0.6 is 22.7 Å². The Labute approximate surface area is 176 Å². The minimum atomic E-state index is -3.62. The maximum Gasteiger partial charge on any atom is 0.375 e. The third-order valence-electron chi connectivity index (χ3n) is 6.35. The Morgan fingerprint density at radius 3 is 2.28 bits per heavy atom. The molecule has 0 N–H and O–H groups in total. The maximum atomic E-state index is 14.6. The first-order valence-corrected chi connectivity index (χ1v) is 11.1. The quantitative estimate of drug-likeness (QED) is 0.732. The van der Waals surface area contributed by atoms with Gasteiger partial charge in [0, 0.05) is 58.3 Å². The van der Waals surface area contributed by atoms with E-state index in [2.05, 4.69) is 4.98 Å². The number of thiazole rings is 1. The standard InChI is InChI=1S/C20H23F2N3O2S2/c1-13-4-5-14(29-13)8-15(26)24-9-18(2)11-25(12-19(18,3)10-24)17(27)20(21,22)16-23-6-7-28-16/h4-7H,8-12H2,1-3H3/t18-,19+. The van der Waals surface area contributed by atoms with Crippen LogP contribution in [0.3, 0.4) is 0 Å². The molecular weight excluding hydrogens is 416 g/mol. The zero-order valence-corrected chi connectivity index (χ0v) is 18.2. The van der Waals surface area contributed by atoms with Gasteiger partial charge < -0.3 is 9.80 Å². The Balaban J connectivity index is 1.46. The van der Waals surface area contributed by atoms with Crippen LogP contribution in [0.4, 0.5) is 8.78 Å². The first-order valence-electron chi connectivity index (χ1n) is 9.44. The van der Waals surface area contributed by atoms with E-state index in [1.807, 2.05) is 37.8 Å². The summed E-state index contributed by atoms with van der Waals surface area (Å²) in [5.74, 6) is -4.77. The van der Waals surface area contributed by atoms with Crippen molar-refractivity contribution in [3.05, 3.63) is 38.5 Å². The van der Waals surface area contributed by atoms with Crippen LogP contribution in [0.1, 0.15) is 28.6 Å². The first kappa shape index (κ1) is 20.4. The second-order valence-electron chi connectivity index (χ2n) is 8.63. The van der Waals surface area contributed by atoms with Crippen LogP contribution in [0.2, 0.25) is 0 Å². The van der Waals surface area contributed by atoms with E-state index in [4.69, 9.17) is 0 Å². The zero-order valence-electron chi connectivity index (χ0n) is 16.6. The lowest BCUT2D eigenvalue weighted by molar-refractivity contribution is -0.158. The van der Waals surface area contributed by atoms with Crippen molar-refractivity contribution in [2.75, 3.05) is 26.2 Å². The number of hydrogen-bond acceptors (Lipinski definition) is 5. The molecule has 0 spiro atoms. The van der Waals surface area contributed by atoms with Crippen molar-refractivity contribution in [2.24, 2.45) is 10.8 Å². The predicted molar refractivity (Wildman–Crippen MR) is 108 cm³/mol. The molecule has 4 heterocycles. The Kier molecular flexibility index (Phi) is 4.81. The minimum Gasteiger partial charge on any atom is -0.341 e. The topological polar surface area (TPSA) is 53.5 Å². The Morgan fingerprint density at radius 2 is 1.76 bits per heavy atom. The molecule has 2 fully saturated rings. The van der Waals surface area contributed by atoms with Crippen molar-refractivity contribution < 1.29 is 18.4 Å². The number of thiophene rings is 1. The SMILES string of the molecule is Cc1ccc(CC(=O)N2C[C@@]3(C)CN(C(=O)C(F)(F)c4nccs4)C[C@@]3(C)C2)s1. The van der Waals surface area contributed by atoms with Crippen molar-refractivity contribution in [1.82, 2.24) is 14.8 Å². The highest BCUT2D eigenvalue weighted by molar-refractivity contribution is 7.12. The van der Waals surface area contributed by atoms with Crippen LogP contribution in [-0.2, 0) is 21.9 Å². The van der Waals surface area contributed by atoms with E-state index in [-0.39, 0.29) is 19.0 Å². The molecular formula is C20H23F2N3O2S2. The molecule has 29 heavy (non-hydrogen) atoms. The number of halogens is 2. The molecule has 0 bridgehead atoms. The van der Waals surface area contributed by atoms with Crippen LogP contribution in [0, 0.1) is 17.8 Å². The lowest BCUT2D eigenvalue weighted by atomic mass is 9.71. The molecule has 2 aliphatic heterocycles. The van der Waals surface area contributed by atoms with E-state index < -0.39 is 27.7 Å². The van der Waals surface area contributed by atoms with Crippen LogP contribution in [0.15, 0.2) is 23.7 Å². The van der Waals surface area contributed by atoms with Crippen LogP contribution in [0.25, 0.3) is 0 Å². The molecule has 5 nitrogen and oxygen atoms in total. The Bertz CT molecular complexity index is 925. The van der Waals surface area contributed by atoms with Gasteiger partial charge in [0.1, 0.15) is 0 Å². The number of amides is 2. The highest BCUT2D eigenvalue weighted by atomic mass is 32.1. The lowest BCUT2D eigenvalue weighted by Gasteiger charge is -2.29. The molecule has 0 aromatic carbocycles. The van der Waals surface area contributed by atoms with Gasteiger partial charge in [0.2, 0.25) is 5.91 Å². The number of rotatable bonds is 4. The second-order valence-corrected chi connectivity index (χ2v) is 10.9. The Hall–Kier alpha value is -1.87. The van der Waals surface area contributed by atoms with Crippen molar-refractivity contribution in [3.63, 3.8) is 0 Å². The van der Waals surface area contributed by atoms with E-state index >= 15 is 0 Å². The summed E-state index contributed by atoms with van der Waals surface area (Å²) in [7, 11) is 0. The monoisotopic (exact) mass is 439 g/mol. The molecule has 2 aromatic heterocycles. The van der Waals surface area contributed by atoms with E-state index in [1.165, 1.54) is 21.4 Å². The van der Waals surface area contributed by atoms with Gasteiger partial charge in [-0.1, -0.05) is 13.8 Å². The smallest absolute Gasteiger partial charge is 0.341 e. The largest absolute Gasteiger partial charge is 0.375 e. The predicted octanol–water partition coefficient (Wildman–Crippen LogP) is 3.54. The fourth-order valence-electron chi connectivity index (χ4n) is 4.49. The molecule has 2 aromatic rings. The first-order chi connectivity index (χ1) is 13.5. The molecule has 2 saturated heterocycles. The Morgan fingerprint density at radius 1 is 1.14 bits per heavy atom. The molecule has 0 aliphatic carbocycles. The van der Waals surface area contributed by atoms with Gasteiger partial charge in [-0.25, -0.2) is 4.98 Å². The fraction of sp³-hybridized carbons (Fsp3) is 0.550. The number of hydrogen-bond donors (Lipinski definition) is 0. The van der Waals surface area contributed by atoms with Gasteiger partial charge in [-0.3, -0.25) is 9.59 Å². The average molecular weight is 440 g/mol. The van der Waals surface area contributed by atoms with Gasteiger partial charge in [-0.05, 0) is 19.1 Å². The zero-order chi connectivity index (χ0) is 21.0. The molecule has 2 atom stereocenters. The van der Waals surface area contributed by atoms with Crippen molar-refractivity contribution in [1.29, 1.82) is 0 Å². The maximum absolute atomic E-state index is 14.6. The molecule has 2 amide bonds. The van der Waals surface area contributed by atoms with Gasteiger partial charge in [0.25, 0.3) is 0 Å². The third kappa shape index (κ3) is 3.38. The van der Waals surface area contributed by atoms with Gasteiger partial charge in [-0.15, -0.1) is 22.7 Å². The van der Waals surface area contributed by atoms with Crippen molar-refractivity contribution in [2.45, 2.75) is 33.1 Å². The summed E-state index contributed by atoms with van der Waals surface area (Å²) in [6, 6.07) is 3.97. The molecule has 156 valence electrons. The van der Waals surface area contributed by atoms with Gasteiger partial charge >= 0.3 is 11.8 Å². The van der Waals surface area contributed by atoms with Crippen LogP contribution in [0.5, 0.6) is 0 Å². The van der Waals surface area contributed by atoms with E-state index in [1.54, 1.807) is 11.3 Å². The summed E-state index contributed by atoms with van der Waals surface area (Å²) in [4.78, 5) is 34.3. The molecule has 2 aliphatic rings. The molecule has 0 unspecified atom stereocenters. The number of aryl methyl sites for hydroxylation is 1. The second kappa shape index (κ2) is 6.84. The van der Waals surface area contributed by atoms with Gasteiger partial charge in [0.15, 0.2) is 5.01 Å². The third-order valence-corrected chi connectivity index (χ3v) is 8.19. The number of aromatic nitrogens is 1. The summed E-state index contributed by atoms with van der Waals surface area (Å²) >= 11 is 2.39. The fourth-order valence-corrected chi connectivity index (χ4v) is 5.98. The molecule has 0 saturated carbocycles. The minimum absolute atomic E-state index is 0.0506. The number of carbonyl (C=O) groups excluding carboxylic acids is 2. The summed E-state index contributed by atoms with van der Waals surface area (Å²) in [6.45, 7) is 7.36. The molecule has 0 radical (unpaired) electrons. The van der Waals surface area contributed by atoms with E-state index in [0.29, 0.717) is 19.5 Å². The van der Waals surface area contributed by atoms with E-state index in [0.717, 1.165) is 16.2 Å². The molecule has 9 heteroatoms. The summed E-state index contributed by atoms with van der Waals surface area (Å²) < 4.78 is 29.2. The highest BCUT2D eigenvalue weighted by Crippen LogP contribution is 2.52. The number of alkyl halides is 2. The van der Waals surface area contributed by atoms with Crippen LogP contribution in [-0.4, -0.2) is 52.8 Å². The number of fused-ring (bicyclic) bond motifs is 1. The molecule has 4 rings (SSSR count). The average Bonchev–Trinajstić information content (AvgIpc) is 3.38. The van der Waals surface area contributed by atoms with Crippen molar-refractivity contribution >= 4 is 34.5 Å². The van der Waals surface area contributed by atoms with Crippen molar-refractivity contribution in [3.8, 4) is 0 Å². The van der Waals surface area contributed by atoms with Gasteiger partial charge in [0.05, 0.1) is 6.42 Å². The number of likely N-dealkylation sites (tertiary alicyclic amines) is 2. The number of carbonyl (C=O) groups is 2. The normalized spacial score (nSPS) is 26.8. The van der Waals surface area contributed by atoms with E-state index in [9.17, 15) is 18.4 Å². The highest BCUT2D eigenvalue weighted by Gasteiger charge is 2.61.